The average Bonchev–Trinajstić information content (AvgIpc) is 2.96. The van der Waals surface area contributed by atoms with Crippen molar-refractivity contribution < 1.29 is 5.11 Å². The molecule has 0 saturated heterocycles. The Morgan fingerprint density at radius 1 is 1.23 bits per heavy atom. The fourth-order valence-corrected chi connectivity index (χ4v) is 2.62. The van der Waals surface area contributed by atoms with E-state index in [1.165, 1.54) is 0 Å². The van der Waals surface area contributed by atoms with E-state index in [4.69, 9.17) is 0 Å². The normalized spacial score (nSPS) is 15.0. The minimum Gasteiger partial charge on any atom is -0.508 e. The van der Waals surface area contributed by atoms with Crippen molar-refractivity contribution in [1.29, 1.82) is 0 Å². The average molecular weight is 290 g/mol. The van der Waals surface area contributed by atoms with E-state index in [9.17, 15) is 5.11 Å². The highest BCUT2D eigenvalue weighted by molar-refractivity contribution is 6.13. The van der Waals surface area contributed by atoms with Crippen LogP contribution in [0.1, 0.15) is 16.8 Å². The molecule has 1 aromatic carbocycles. The molecule has 2 heterocycles. The number of aromatic hydroxyl groups is 1. The van der Waals surface area contributed by atoms with Crippen molar-refractivity contribution in [1.82, 2.24) is 4.98 Å². The van der Waals surface area contributed by atoms with Gasteiger partial charge in [-0.15, -0.1) is 0 Å². The number of aromatic nitrogens is 1. The van der Waals surface area contributed by atoms with Gasteiger partial charge in [0.1, 0.15) is 12.1 Å². The van der Waals surface area contributed by atoms with Gasteiger partial charge in [0.25, 0.3) is 0 Å². The van der Waals surface area contributed by atoms with Crippen LogP contribution >= 0.6 is 0 Å². The zero-order chi connectivity index (χ0) is 15.1. The fourth-order valence-electron chi connectivity index (χ4n) is 2.62. The van der Waals surface area contributed by atoms with Gasteiger partial charge in [-0.3, -0.25) is 4.98 Å². The highest BCUT2D eigenvalue weighted by Crippen LogP contribution is 2.32. The Hall–Kier alpha value is -2.95. The molecule has 1 aliphatic heterocycles. The van der Waals surface area contributed by atoms with E-state index in [-0.39, 0.29) is 5.75 Å². The highest BCUT2D eigenvalue weighted by Gasteiger charge is 2.21. The lowest BCUT2D eigenvalue weighted by Gasteiger charge is -2.17. The Balaban J connectivity index is 1.74. The number of pyridine rings is 1. The van der Waals surface area contributed by atoms with Crippen LogP contribution in [0.2, 0.25) is 0 Å². The van der Waals surface area contributed by atoms with Crippen LogP contribution in [0.15, 0.2) is 46.1 Å². The number of phenolic OH excluding ortho intramolecular Hbond substituents is 1. The first kappa shape index (κ1) is 12.8. The Morgan fingerprint density at radius 3 is 3.00 bits per heavy atom. The summed E-state index contributed by atoms with van der Waals surface area (Å²) >= 11 is 0. The molecule has 2 aromatic rings. The van der Waals surface area contributed by atoms with Gasteiger partial charge in [-0.2, -0.15) is 0 Å². The van der Waals surface area contributed by atoms with Crippen molar-refractivity contribution in [3.8, 4) is 5.75 Å². The van der Waals surface area contributed by atoms with Gasteiger partial charge in [-0.1, -0.05) is 6.07 Å². The van der Waals surface area contributed by atoms with Gasteiger partial charge < -0.3 is 10.4 Å². The second-order valence-corrected chi connectivity index (χ2v) is 5.37. The van der Waals surface area contributed by atoms with Crippen LogP contribution in [0.25, 0.3) is 6.08 Å². The maximum Gasteiger partial charge on any atom is 0.120 e. The van der Waals surface area contributed by atoms with E-state index in [0.29, 0.717) is 6.42 Å². The minimum atomic E-state index is 0.279. The molecule has 0 saturated carbocycles. The Labute approximate surface area is 127 Å². The third kappa shape index (κ3) is 2.07. The highest BCUT2D eigenvalue weighted by atomic mass is 16.3. The summed E-state index contributed by atoms with van der Waals surface area (Å²) < 4.78 is 0. The predicted octanol–water partition coefficient (Wildman–Crippen LogP) is 3.22. The van der Waals surface area contributed by atoms with E-state index in [2.05, 4.69) is 20.3 Å². The molecule has 0 atom stereocenters. The van der Waals surface area contributed by atoms with Crippen LogP contribution in [-0.2, 0) is 6.42 Å². The van der Waals surface area contributed by atoms with Gasteiger partial charge in [-0.05, 0) is 30.7 Å². The second kappa shape index (κ2) is 4.80. The summed E-state index contributed by atoms with van der Waals surface area (Å²) in [6.07, 6.45) is 6.06. The zero-order valence-electron chi connectivity index (χ0n) is 12.0. The van der Waals surface area contributed by atoms with Crippen molar-refractivity contribution in [2.24, 2.45) is 9.98 Å². The minimum absolute atomic E-state index is 0.279. The van der Waals surface area contributed by atoms with Crippen molar-refractivity contribution in [3.63, 3.8) is 0 Å². The molecule has 0 unspecified atom stereocenters. The molecule has 0 fully saturated rings. The van der Waals surface area contributed by atoms with E-state index in [0.717, 1.165) is 39.6 Å². The number of allylic oxidation sites excluding steroid dienone is 1. The van der Waals surface area contributed by atoms with Gasteiger partial charge in [0.15, 0.2) is 0 Å². The van der Waals surface area contributed by atoms with Crippen LogP contribution < -0.4 is 5.32 Å². The van der Waals surface area contributed by atoms with E-state index >= 15 is 0 Å². The molecule has 1 aromatic heterocycles. The number of aryl methyl sites for hydroxylation is 1. The summed E-state index contributed by atoms with van der Waals surface area (Å²) in [5.41, 5.74) is 6.50. The smallest absolute Gasteiger partial charge is 0.120 e. The molecule has 0 bridgehead atoms. The van der Waals surface area contributed by atoms with Crippen molar-refractivity contribution in [2.75, 3.05) is 5.32 Å². The van der Waals surface area contributed by atoms with Crippen LogP contribution in [0.5, 0.6) is 5.75 Å². The SMILES string of the molecule is Cc1ccc(Nc2ccnc3c2C=C2N=CN=C2C3)cc1O. The molecule has 5 nitrogen and oxygen atoms in total. The second-order valence-electron chi connectivity index (χ2n) is 5.37. The maximum absolute atomic E-state index is 9.84. The number of aliphatic imine (C=N–C) groups is 2. The number of benzene rings is 1. The summed E-state index contributed by atoms with van der Waals surface area (Å²) in [5.74, 6) is 0.279. The Kier molecular flexibility index (Phi) is 2.79. The summed E-state index contributed by atoms with van der Waals surface area (Å²) in [4.78, 5) is 13.0. The van der Waals surface area contributed by atoms with E-state index in [1.54, 1.807) is 18.6 Å². The Morgan fingerprint density at radius 2 is 2.14 bits per heavy atom. The summed E-state index contributed by atoms with van der Waals surface area (Å²) in [6, 6.07) is 7.47. The topological polar surface area (TPSA) is 69.9 Å². The lowest BCUT2D eigenvalue weighted by Crippen LogP contribution is -2.12. The van der Waals surface area contributed by atoms with Crippen molar-refractivity contribution >= 4 is 29.5 Å². The van der Waals surface area contributed by atoms with Gasteiger partial charge in [0, 0.05) is 35.6 Å². The number of hydrogen-bond donors (Lipinski definition) is 2. The maximum atomic E-state index is 9.84. The molecule has 5 heteroatoms. The third-order valence-corrected chi connectivity index (χ3v) is 3.88. The molecule has 22 heavy (non-hydrogen) atoms. The molecular weight excluding hydrogens is 276 g/mol. The number of nitrogens with zero attached hydrogens (tertiary/aromatic N) is 3. The summed E-state index contributed by atoms with van der Waals surface area (Å²) in [5, 5.41) is 13.2. The first-order chi connectivity index (χ1) is 10.7. The van der Waals surface area contributed by atoms with Gasteiger partial charge in [-0.25, -0.2) is 9.98 Å². The van der Waals surface area contributed by atoms with E-state index < -0.39 is 0 Å². The summed E-state index contributed by atoms with van der Waals surface area (Å²) in [6.45, 7) is 1.87. The number of anilines is 2. The van der Waals surface area contributed by atoms with Crippen LogP contribution in [0.3, 0.4) is 0 Å². The van der Waals surface area contributed by atoms with Gasteiger partial charge >= 0.3 is 0 Å². The quantitative estimate of drug-likeness (QED) is 0.892. The molecule has 0 radical (unpaired) electrons. The number of fused-ring (bicyclic) bond motifs is 2. The van der Waals surface area contributed by atoms with Crippen molar-refractivity contribution in [3.05, 3.63) is 53.0 Å². The largest absolute Gasteiger partial charge is 0.508 e. The standard InChI is InChI=1S/C17H14N4O/c1-10-2-3-11(6-17(10)22)21-13-4-5-18-14-8-16-15(7-12(13)14)19-9-20-16/h2-7,9,22H,8H2,1H3,(H,18,21). The molecule has 108 valence electrons. The number of nitrogens with one attached hydrogen (secondary N) is 1. The molecule has 0 spiro atoms. The monoisotopic (exact) mass is 290 g/mol. The molecule has 4 rings (SSSR count). The van der Waals surface area contributed by atoms with Crippen LogP contribution in [-0.4, -0.2) is 22.1 Å². The number of phenols is 1. The third-order valence-electron chi connectivity index (χ3n) is 3.88. The predicted molar refractivity (Wildman–Crippen MR) is 88.0 cm³/mol. The first-order valence-electron chi connectivity index (χ1n) is 7.06. The summed E-state index contributed by atoms with van der Waals surface area (Å²) in [7, 11) is 0. The Bertz CT molecular complexity index is 865. The molecule has 2 N–H and O–H groups in total. The first-order valence-corrected chi connectivity index (χ1v) is 7.06. The number of hydrogen-bond acceptors (Lipinski definition) is 5. The van der Waals surface area contributed by atoms with Gasteiger partial charge in [0.2, 0.25) is 0 Å². The zero-order valence-corrected chi connectivity index (χ0v) is 12.0. The van der Waals surface area contributed by atoms with E-state index in [1.807, 2.05) is 31.2 Å². The fraction of sp³-hybridized carbons (Fsp3) is 0.118. The van der Waals surface area contributed by atoms with Crippen LogP contribution in [0.4, 0.5) is 11.4 Å². The molecule has 0 amide bonds. The van der Waals surface area contributed by atoms with Gasteiger partial charge in [0.05, 0.1) is 17.1 Å². The molecular formula is C17H14N4O. The molecule has 1 aliphatic carbocycles. The number of rotatable bonds is 2. The van der Waals surface area contributed by atoms with Crippen LogP contribution in [0, 0.1) is 6.92 Å². The molecule has 2 aliphatic rings. The lowest BCUT2D eigenvalue weighted by molar-refractivity contribution is 0.471. The van der Waals surface area contributed by atoms with Crippen molar-refractivity contribution in [2.45, 2.75) is 13.3 Å². The lowest BCUT2D eigenvalue weighted by atomic mass is 9.97.